The summed E-state index contributed by atoms with van der Waals surface area (Å²) in [5, 5.41) is 0. The average Bonchev–Trinajstić information content (AvgIpc) is 1.85. The maximum Gasteiger partial charge on any atom is 0.0237 e. The predicted octanol–water partition coefficient (Wildman–Crippen LogP) is 2.74. The number of aryl methyl sites for hydroxylation is 1. The van der Waals surface area contributed by atoms with Gasteiger partial charge in [0, 0.05) is 53.9 Å². The largest absolute Gasteiger partial charge is 0.697 e. The zero-order valence-electron chi connectivity index (χ0n) is 7.94. The van der Waals surface area contributed by atoms with Crippen molar-refractivity contribution in [3.63, 3.8) is 0 Å². The normalized spacial score (nSPS) is 8.23. The summed E-state index contributed by atoms with van der Waals surface area (Å²) in [5.41, 5.74) is 10.4. The van der Waals surface area contributed by atoms with Crippen LogP contribution >= 0.6 is 0 Å². The molecule has 0 bridgehead atoms. The van der Waals surface area contributed by atoms with Gasteiger partial charge in [0.05, 0.1) is 0 Å². The summed E-state index contributed by atoms with van der Waals surface area (Å²) < 4.78 is 0. The van der Waals surface area contributed by atoms with Crippen LogP contribution < -0.4 is 4.90 Å². The summed E-state index contributed by atoms with van der Waals surface area (Å²) in [6.45, 7) is 2.02. The van der Waals surface area contributed by atoms with Gasteiger partial charge in [0.25, 0.3) is 0 Å². The van der Waals surface area contributed by atoms with Crippen LogP contribution in [0.4, 0.5) is 11.4 Å². The van der Waals surface area contributed by atoms with Crippen LogP contribution in [-0.2, 0) is 34.1 Å². The maximum absolute atomic E-state index is 7.60. The monoisotopic (exact) mass is 259 g/mol. The number of hydrogen-bond donors (Lipinski definition) is 0. The van der Waals surface area contributed by atoms with E-state index >= 15 is 0 Å². The van der Waals surface area contributed by atoms with Gasteiger partial charge in [0.2, 0.25) is 0 Å². The van der Waals surface area contributed by atoms with E-state index < -0.39 is 0 Å². The summed E-state index contributed by atoms with van der Waals surface area (Å²) in [7, 11) is 3.92. The first kappa shape index (κ1) is 15.3. The van der Waals surface area contributed by atoms with Crippen LogP contribution in [-0.4, -0.2) is 14.1 Å². The number of hydrogen-bond acceptors (Lipinski definition) is 1. The topological polar surface area (TPSA) is 27.0 Å². The minimum atomic E-state index is 0. The predicted molar refractivity (Wildman–Crippen MR) is 49.5 cm³/mol. The molecule has 0 aliphatic rings. The fraction of sp³-hybridized carbons (Fsp3) is 0.333. The molecule has 1 aromatic carbocycles. The molecule has 0 saturated carbocycles. The Kier molecular flexibility index (Phi) is 7.47. The molecule has 4 heteroatoms. The van der Waals surface area contributed by atoms with Crippen molar-refractivity contribution in [2.45, 2.75) is 6.92 Å². The summed E-state index contributed by atoms with van der Waals surface area (Å²) in [5.74, 6) is 0. The standard InChI is InChI=1S/C9H13N2.2Mn/c1-7-5-4-6-8(10)9(7)11(2)3;;/h4-6,10H,1-3H3;;/q-1;;. The van der Waals surface area contributed by atoms with Crippen LogP contribution in [0.15, 0.2) is 18.2 Å². The Hall–Kier alpha value is -0.141. The molecule has 0 aromatic heterocycles. The molecular formula is C9H13Mn2N2-. The van der Waals surface area contributed by atoms with Gasteiger partial charge >= 0.3 is 0 Å². The number of rotatable bonds is 1. The van der Waals surface area contributed by atoms with Gasteiger partial charge in [-0.15, -0.1) is 5.69 Å². The SMILES string of the molecule is Cc1cccc([NH-])c1N(C)C.[Mn].[Mn]. The van der Waals surface area contributed by atoms with Crippen molar-refractivity contribution in [3.05, 3.63) is 29.5 Å². The van der Waals surface area contributed by atoms with Crippen LogP contribution in [0.5, 0.6) is 0 Å². The van der Waals surface area contributed by atoms with Gasteiger partial charge in [-0.25, -0.2) is 0 Å². The number of benzene rings is 1. The molecule has 0 atom stereocenters. The quantitative estimate of drug-likeness (QED) is 0.712. The van der Waals surface area contributed by atoms with Gasteiger partial charge in [0.15, 0.2) is 0 Å². The number of para-hydroxylation sites is 1. The summed E-state index contributed by atoms with van der Waals surface area (Å²) >= 11 is 0. The van der Waals surface area contributed by atoms with Crippen molar-refractivity contribution >= 4 is 11.4 Å². The van der Waals surface area contributed by atoms with E-state index in [2.05, 4.69) is 0 Å². The smallest absolute Gasteiger partial charge is 0.0237 e. The Labute approximate surface area is 101 Å². The number of anilines is 1. The molecule has 1 aromatic rings. The second kappa shape index (κ2) is 6.33. The molecule has 2 radical (unpaired) electrons. The van der Waals surface area contributed by atoms with Crippen LogP contribution in [0.1, 0.15) is 5.56 Å². The van der Waals surface area contributed by atoms with E-state index in [1.54, 1.807) is 0 Å². The van der Waals surface area contributed by atoms with Gasteiger partial charge in [0.1, 0.15) is 0 Å². The van der Waals surface area contributed by atoms with E-state index in [0.717, 1.165) is 11.3 Å². The molecule has 0 fully saturated rings. The molecule has 13 heavy (non-hydrogen) atoms. The molecule has 0 unspecified atom stereocenters. The van der Waals surface area contributed by atoms with Crippen molar-refractivity contribution in [2.24, 2.45) is 0 Å². The van der Waals surface area contributed by atoms with E-state index in [0.29, 0.717) is 5.69 Å². The van der Waals surface area contributed by atoms with Gasteiger partial charge in [-0.1, -0.05) is 18.2 Å². The molecule has 0 aliphatic carbocycles. The summed E-state index contributed by atoms with van der Waals surface area (Å²) in [4.78, 5) is 1.97. The molecular weight excluding hydrogens is 246 g/mol. The first-order valence-electron chi connectivity index (χ1n) is 3.61. The summed E-state index contributed by atoms with van der Waals surface area (Å²) in [6, 6.07) is 5.74. The first-order chi connectivity index (χ1) is 5.13. The molecule has 1 N–H and O–H groups in total. The molecule has 1 rings (SSSR count). The van der Waals surface area contributed by atoms with Crippen LogP contribution in [0.25, 0.3) is 5.73 Å². The zero-order valence-corrected chi connectivity index (χ0v) is 10.3. The van der Waals surface area contributed by atoms with Crippen molar-refractivity contribution in [2.75, 3.05) is 19.0 Å². The maximum atomic E-state index is 7.60. The zero-order chi connectivity index (χ0) is 8.43. The van der Waals surface area contributed by atoms with Gasteiger partial charge in [-0.2, -0.15) is 0 Å². The minimum absolute atomic E-state index is 0. The van der Waals surface area contributed by atoms with Crippen LogP contribution in [0, 0.1) is 6.92 Å². The van der Waals surface area contributed by atoms with Crippen molar-refractivity contribution in [1.82, 2.24) is 0 Å². The van der Waals surface area contributed by atoms with Crippen LogP contribution in [0.3, 0.4) is 0 Å². The van der Waals surface area contributed by atoms with Crippen molar-refractivity contribution < 1.29 is 34.1 Å². The first-order valence-corrected chi connectivity index (χ1v) is 3.61. The molecule has 74 valence electrons. The fourth-order valence-electron chi connectivity index (χ4n) is 1.25. The van der Waals surface area contributed by atoms with Gasteiger partial charge in [-0.05, 0) is 12.5 Å². The summed E-state index contributed by atoms with van der Waals surface area (Å²) in [6.07, 6.45) is 0. The van der Waals surface area contributed by atoms with Crippen molar-refractivity contribution in [3.8, 4) is 0 Å². The third-order valence-electron chi connectivity index (χ3n) is 1.68. The van der Waals surface area contributed by atoms with Gasteiger partial charge < -0.3 is 10.6 Å². The number of nitrogens with one attached hydrogen (secondary N) is 1. The average molecular weight is 259 g/mol. The number of nitrogens with zero attached hydrogens (tertiary/aromatic N) is 1. The Morgan fingerprint density at radius 1 is 1.15 bits per heavy atom. The Morgan fingerprint density at radius 2 is 1.69 bits per heavy atom. The molecule has 0 spiro atoms. The third kappa shape index (κ3) is 3.61. The third-order valence-corrected chi connectivity index (χ3v) is 1.68. The second-order valence-corrected chi connectivity index (χ2v) is 2.87. The molecule has 2 nitrogen and oxygen atoms in total. The van der Waals surface area contributed by atoms with E-state index in [1.165, 1.54) is 0 Å². The molecule has 0 heterocycles. The minimum Gasteiger partial charge on any atom is -0.697 e. The Bertz CT molecular complexity index is 242. The molecule has 0 aliphatic heterocycles. The molecule has 0 saturated heterocycles. The second-order valence-electron chi connectivity index (χ2n) is 2.87. The van der Waals surface area contributed by atoms with E-state index in [1.807, 2.05) is 44.1 Å². The van der Waals surface area contributed by atoms with E-state index in [9.17, 15) is 0 Å². The Balaban J connectivity index is 0. The van der Waals surface area contributed by atoms with Crippen LogP contribution in [0.2, 0.25) is 0 Å². The van der Waals surface area contributed by atoms with Crippen molar-refractivity contribution in [1.29, 1.82) is 0 Å². The van der Waals surface area contributed by atoms with E-state index in [-0.39, 0.29) is 34.1 Å². The van der Waals surface area contributed by atoms with E-state index in [4.69, 9.17) is 5.73 Å². The van der Waals surface area contributed by atoms with Gasteiger partial charge in [-0.3, -0.25) is 0 Å². The Morgan fingerprint density at radius 3 is 2.00 bits per heavy atom. The fourth-order valence-corrected chi connectivity index (χ4v) is 1.25. The molecule has 0 amide bonds.